The summed E-state index contributed by atoms with van der Waals surface area (Å²) < 4.78 is 2.80. The minimum atomic E-state index is 0.0161. The summed E-state index contributed by atoms with van der Waals surface area (Å²) in [4.78, 5) is 23.1. The fourth-order valence-corrected chi connectivity index (χ4v) is 4.86. The van der Waals surface area contributed by atoms with E-state index in [4.69, 9.17) is 0 Å². The second kappa shape index (κ2) is 8.40. The van der Waals surface area contributed by atoms with Gasteiger partial charge in [-0.25, -0.2) is 4.98 Å². The van der Waals surface area contributed by atoms with Crippen LogP contribution in [0.3, 0.4) is 0 Å². The van der Waals surface area contributed by atoms with Crippen molar-refractivity contribution >= 4 is 44.9 Å². The van der Waals surface area contributed by atoms with Gasteiger partial charge >= 0.3 is 0 Å². The van der Waals surface area contributed by atoms with E-state index in [1.165, 1.54) is 11.8 Å². The lowest BCUT2D eigenvalue weighted by Crippen LogP contribution is -2.27. The molecular formula is C21H17N7OS2. The van der Waals surface area contributed by atoms with Crippen molar-refractivity contribution in [2.24, 2.45) is 0 Å². The number of para-hydroxylation sites is 1. The topological polar surface area (TPSA) is 89.2 Å². The number of nitrogens with zero attached hydrogens (tertiary/aromatic N) is 7. The molecule has 0 N–H and O–H groups in total. The number of thiazole rings is 1. The van der Waals surface area contributed by atoms with Crippen LogP contribution in [-0.4, -0.2) is 53.4 Å². The number of carbonyl (C=O) groups excluding carboxylic acids is 1. The van der Waals surface area contributed by atoms with Gasteiger partial charge < -0.3 is 4.90 Å². The Labute approximate surface area is 186 Å². The van der Waals surface area contributed by atoms with Gasteiger partial charge in [0.2, 0.25) is 5.91 Å². The smallest absolute Gasteiger partial charge is 0.233 e. The highest BCUT2D eigenvalue weighted by Crippen LogP contribution is 2.23. The molecule has 0 aliphatic carbocycles. The highest BCUT2D eigenvalue weighted by molar-refractivity contribution is 7.99. The number of thioether (sulfide) groups is 1. The number of benzene rings is 1. The molecule has 154 valence electrons. The molecular weight excluding hydrogens is 430 g/mol. The van der Waals surface area contributed by atoms with E-state index >= 15 is 0 Å². The maximum Gasteiger partial charge on any atom is 0.233 e. The number of fused-ring (bicyclic) bond motifs is 2. The molecule has 4 aromatic heterocycles. The highest BCUT2D eigenvalue weighted by atomic mass is 32.2. The van der Waals surface area contributed by atoms with Crippen LogP contribution in [0.1, 0.15) is 5.01 Å². The Hall–Kier alpha value is -3.37. The number of hydrogen-bond donors (Lipinski definition) is 0. The maximum atomic E-state index is 12.7. The molecule has 0 aliphatic heterocycles. The third kappa shape index (κ3) is 4.12. The van der Waals surface area contributed by atoms with Crippen LogP contribution in [-0.2, 0) is 11.3 Å². The molecule has 0 radical (unpaired) electrons. The molecule has 8 nitrogen and oxygen atoms in total. The monoisotopic (exact) mass is 447 g/mol. The second-order valence-electron chi connectivity index (χ2n) is 6.82. The van der Waals surface area contributed by atoms with Crippen LogP contribution < -0.4 is 0 Å². The van der Waals surface area contributed by atoms with E-state index in [2.05, 4.69) is 25.3 Å². The second-order valence-corrected chi connectivity index (χ2v) is 8.93. The summed E-state index contributed by atoms with van der Waals surface area (Å²) in [5, 5.41) is 14.6. The lowest BCUT2D eigenvalue weighted by atomic mass is 10.3. The average molecular weight is 448 g/mol. The molecule has 5 aromatic rings. The van der Waals surface area contributed by atoms with E-state index in [-0.39, 0.29) is 11.7 Å². The van der Waals surface area contributed by atoms with Crippen LogP contribution >= 0.6 is 23.1 Å². The predicted octanol–water partition coefficient (Wildman–Crippen LogP) is 3.55. The minimum Gasteiger partial charge on any atom is -0.338 e. The molecule has 0 fully saturated rings. The summed E-state index contributed by atoms with van der Waals surface area (Å²) >= 11 is 3.00. The number of aromatic nitrogens is 6. The van der Waals surface area contributed by atoms with E-state index in [0.717, 1.165) is 25.8 Å². The van der Waals surface area contributed by atoms with Crippen molar-refractivity contribution < 1.29 is 4.79 Å². The first-order valence-corrected chi connectivity index (χ1v) is 11.3. The average Bonchev–Trinajstić information content (AvgIpc) is 3.41. The summed E-state index contributed by atoms with van der Waals surface area (Å²) in [5.41, 5.74) is 2.44. The molecule has 0 spiro atoms. The molecule has 1 aromatic carbocycles. The number of hydrogen-bond acceptors (Lipinski definition) is 8. The first-order valence-electron chi connectivity index (χ1n) is 9.51. The van der Waals surface area contributed by atoms with Gasteiger partial charge in [0.15, 0.2) is 11.5 Å². The van der Waals surface area contributed by atoms with Gasteiger partial charge in [-0.1, -0.05) is 23.9 Å². The zero-order valence-electron chi connectivity index (χ0n) is 16.5. The first-order chi connectivity index (χ1) is 15.2. The van der Waals surface area contributed by atoms with E-state index < -0.39 is 0 Å². The molecule has 0 aliphatic rings. The van der Waals surface area contributed by atoms with Crippen LogP contribution in [0.2, 0.25) is 0 Å². The van der Waals surface area contributed by atoms with Gasteiger partial charge in [0.1, 0.15) is 10.0 Å². The molecule has 5 rings (SSSR count). The quantitative estimate of drug-likeness (QED) is 0.368. The fourth-order valence-electron chi connectivity index (χ4n) is 3.05. The van der Waals surface area contributed by atoms with Crippen molar-refractivity contribution in [3.05, 3.63) is 65.9 Å². The molecule has 0 unspecified atom stereocenters. The van der Waals surface area contributed by atoms with Gasteiger partial charge in [-0.05, 0) is 36.4 Å². The largest absolute Gasteiger partial charge is 0.338 e. The van der Waals surface area contributed by atoms with Crippen LogP contribution in [0.4, 0.5) is 0 Å². The van der Waals surface area contributed by atoms with Crippen molar-refractivity contribution in [2.45, 2.75) is 11.6 Å². The normalized spacial score (nSPS) is 11.3. The number of pyridine rings is 1. The Bertz CT molecular complexity index is 1330. The highest BCUT2D eigenvalue weighted by Gasteiger charge is 2.15. The molecule has 0 saturated heterocycles. The van der Waals surface area contributed by atoms with E-state index in [9.17, 15) is 4.79 Å². The third-order valence-corrected chi connectivity index (χ3v) is 6.56. The van der Waals surface area contributed by atoms with Gasteiger partial charge in [-0.3, -0.25) is 9.78 Å². The van der Waals surface area contributed by atoms with Crippen molar-refractivity contribution in [1.82, 2.24) is 34.7 Å². The number of carbonyl (C=O) groups is 1. The zero-order chi connectivity index (χ0) is 21.2. The van der Waals surface area contributed by atoms with E-state index in [1.807, 2.05) is 48.5 Å². The van der Waals surface area contributed by atoms with Gasteiger partial charge in [-0.2, -0.15) is 9.61 Å². The summed E-state index contributed by atoms with van der Waals surface area (Å²) in [5.74, 6) is 0.914. The number of rotatable bonds is 6. The van der Waals surface area contributed by atoms with Crippen molar-refractivity contribution in [3.63, 3.8) is 0 Å². The SMILES string of the molecule is CN(Cc1nc2ccccc2s1)C(=O)CSc1ccc2nnc(-c3cccnc3)n2n1. The van der Waals surface area contributed by atoms with Crippen molar-refractivity contribution in [1.29, 1.82) is 0 Å². The molecule has 0 bridgehead atoms. The van der Waals surface area contributed by atoms with Crippen molar-refractivity contribution in [3.8, 4) is 11.4 Å². The molecule has 31 heavy (non-hydrogen) atoms. The van der Waals surface area contributed by atoms with Crippen LogP contribution in [0.15, 0.2) is 66.0 Å². The summed E-state index contributed by atoms with van der Waals surface area (Å²) in [6.45, 7) is 0.488. The molecule has 1 amide bonds. The lowest BCUT2D eigenvalue weighted by molar-refractivity contribution is -0.127. The maximum absolute atomic E-state index is 12.7. The molecule has 4 heterocycles. The third-order valence-electron chi connectivity index (χ3n) is 4.64. The number of amides is 1. The van der Waals surface area contributed by atoms with Crippen molar-refractivity contribution in [2.75, 3.05) is 12.8 Å². The summed E-state index contributed by atoms with van der Waals surface area (Å²) in [6.07, 6.45) is 3.43. The first kappa shape index (κ1) is 19.6. The molecule has 0 atom stereocenters. The Balaban J connectivity index is 1.27. The van der Waals surface area contributed by atoms with Gasteiger partial charge in [0.05, 0.1) is 22.5 Å². The van der Waals surface area contributed by atoms with E-state index in [0.29, 0.717) is 18.0 Å². The Kier molecular flexibility index (Phi) is 5.31. The fraction of sp³-hybridized carbons (Fsp3) is 0.143. The Morgan fingerprint density at radius 3 is 2.87 bits per heavy atom. The van der Waals surface area contributed by atoms with Gasteiger partial charge in [-0.15, -0.1) is 21.5 Å². The molecule has 10 heteroatoms. The Morgan fingerprint density at radius 2 is 2.03 bits per heavy atom. The zero-order valence-corrected chi connectivity index (χ0v) is 18.2. The molecule has 0 saturated carbocycles. The standard InChI is InChI=1S/C21H17N7OS2/c1-27(12-19-23-15-6-2-3-7-16(15)31-19)20(29)13-30-18-9-8-17-24-25-21(28(17)26-18)14-5-4-10-22-11-14/h2-11H,12-13H2,1H3. The predicted molar refractivity (Wildman–Crippen MR) is 121 cm³/mol. The van der Waals surface area contributed by atoms with Gasteiger partial charge in [0.25, 0.3) is 0 Å². The van der Waals surface area contributed by atoms with Crippen LogP contribution in [0.25, 0.3) is 27.3 Å². The minimum absolute atomic E-state index is 0.0161. The summed E-state index contributed by atoms with van der Waals surface area (Å²) in [7, 11) is 1.80. The lowest BCUT2D eigenvalue weighted by Gasteiger charge is -2.15. The van der Waals surface area contributed by atoms with Crippen LogP contribution in [0.5, 0.6) is 0 Å². The van der Waals surface area contributed by atoms with Gasteiger partial charge in [0, 0.05) is 25.0 Å². The van der Waals surface area contributed by atoms with Crippen LogP contribution in [0, 0.1) is 0 Å². The Morgan fingerprint density at radius 1 is 1.13 bits per heavy atom. The summed E-state index contributed by atoms with van der Waals surface area (Å²) in [6, 6.07) is 15.4. The van der Waals surface area contributed by atoms with E-state index in [1.54, 1.807) is 40.2 Å².